The number of nitrogens with one attached hydrogen (secondary N) is 1. The minimum absolute atomic E-state index is 0.544. The molecule has 2 aromatic heterocycles. The van der Waals surface area contributed by atoms with Crippen LogP contribution in [0.25, 0.3) is 0 Å². The van der Waals surface area contributed by atoms with E-state index in [1.54, 1.807) is 25.6 Å². The number of hydrogen-bond acceptors (Lipinski definition) is 5. The predicted molar refractivity (Wildman–Crippen MR) is 69.5 cm³/mol. The fraction of sp³-hybridized carbons (Fsp3) is 0.308. The van der Waals surface area contributed by atoms with Crippen molar-refractivity contribution >= 4 is 5.95 Å². The van der Waals surface area contributed by atoms with E-state index in [1.165, 1.54) is 5.56 Å². The molecule has 0 aliphatic heterocycles. The standard InChI is InChI=1S/C13H16N4O/c1-3-10-5-4-7-14-11(10)9-16-13-15-8-6-12(17-13)18-2/h4-8H,3,9H2,1-2H3,(H,15,16,17). The maximum atomic E-state index is 5.05. The molecular formula is C13H16N4O. The monoisotopic (exact) mass is 244 g/mol. The fourth-order valence-electron chi connectivity index (χ4n) is 1.66. The number of ether oxygens (including phenoxy) is 1. The van der Waals surface area contributed by atoms with Crippen molar-refractivity contribution in [2.45, 2.75) is 19.9 Å². The summed E-state index contributed by atoms with van der Waals surface area (Å²) in [6.45, 7) is 2.72. The molecule has 0 radical (unpaired) electrons. The molecule has 2 rings (SSSR count). The van der Waals surface area contributed by atoms with Gasteiger partial charge in [-0.15, -0.1) is 0 Å². The Morgan fingerprint density at radius 3 is 2.89 bits per heavy atom. The van der Waals surface area contributed by atoms with Crippen molar-refractivity contribution in [1.29, 1.82) is 0 Å². The molecule has 0 atom stereocenters. The van der Waals surface area contributed by atoms with Gasteiger partial charge in [0, 0.05) is 18.5 Å². The maximum Gasteiger partial charge on any atom is 0.226 e. The second-order valence-corrected chi connectivity index (χ2v) is 3.74. The van der Waals surface area contributed by atoms with Gasteiger partial charge in [0.15, 0.2) is 0 Å². The Labute approximate surface area is 106 Å². The van der Waals surface area contributed by atoms with Gasteiger partial charge in [-0.05, 0) is 18.1 Å². The van der Waals surface area contributed by atoms with Gasteiger partial charge >= 0.3 is 0 Å². The van der Waals surface area contributed by atoms with Crippen LogP contribution in [-0.2, 0) is 13.0 Å². The first-order valence-electron chi connectivity index (χ1n) is 5.87. The van der Waals surface area contributed by atoms with Crippen LogP contribution in [0.2, 0.25) is 0 Å². The van der Waals surface area contributed by atoms with E-state index in [1.807, 2.05) is 6.07 Å². The van der Waals surface area contributed by atoms with E-state index in [9.17, 15) is 0 Å². The van der Waals surface area contributed by atoms with Gasteiger partial charge in [0.1, 0.15) is 0 Å². The summed E-state index contributed by atoms with van der Waals surface area (Å²) >= 11 is 0. The molecule has 0 aliphatic rings. The number of aromatic nitrogens is 3. The average molecular weight is 244 g/mol. The number of methoxy groups -OCH3 is 1. The van der Waals surface area contributed by atoms with E-state index in [2.05, 4.69) is 33.3 Å². The number of rotatable bonds is 5. The van der Waals surface area contributed by atoms with Crippen molar-refractivity contribution in [2.75, 3.05) is 12.4 Å². The van der Waals surface area contributed by atoms with Crippen LogP contribution in [-0.4, -0.2) is 22.1 Å². The SMILES string of the molecule is CCc1cccnc1CNc1nccc(OC)n1. The van der Waals surface area contributed by atoms with Crippen LogP contribution in [0.4, 0.5) is 5.95 Å². The molecule has 2 aromatic rings. The third-order valence-corrected chi connectivity index (χ3v) is 2.62. The smallest absolute Gasteiger partial charge is 0.226 e. The van der Waals surface area contributed by atoms with Crippen LogP contribution in [0.15, 0.2) is 30.6 Å². The molecular weight excluding hydrogens is 228 g/mol. The Hall–Kier alpha value is -2.17. The summed E-state index contributed by atoms with van der Waals surface area (Å²) in [4.78, 5) is 12.7. The van der Waals surface area contributed by atoms with Crippen LogP contribution in [0, 0.1) is 0 Å². The van der Waals surface area contributed by atoms with Crippen LogP contribution >= 0.6 is 0 Å². The lowest BCUT2D eigenvalue weighted by Crippen LogP contribution is -2.07. The molecule has 0 saturated carbocycles. The lowest BCUT2D eigenvalue weighted by Gasteiger charge is -2.08. The van der Waals surface area contributed by atoms with Crippen molar-refractivity contribution in [2.24, 2.45) is 0 Å². The normalized spacial score (nSPS) is 10.1. The van der Waals surface area contributed by atoms with E-state index >= 15 is 0 Å². The summed E-state index contributed by atoms with van der Waals surface area (Å²) in [5.41, 5.74) is 2.25. The maximum absolute atomic E-state index is 5.05. The number of hydrogen-bond donors (Lipinski definition) is 1. The topological polar surface area (TPSA) is 59.9 Å². The first kappa shape index (κ1) is 12.3. The van der Waals surface area contributed by atoms with Gasteiger partial charge < -0.3 is 10.1 Å². The van der Waals surface area contributed by atoms with Gasteiger partial charge in [-0.3, -0.25) is 4.98 Å². The molecule has 0 aromatic carbocycles. The number of anilines is 1. The summed E-state index contributed by atoms with van der Waals surface area (Å²) < 4.78 is 5.05. The van der Waals surface area contributed by atoms with Crippen molar-refractivity contribution < 1.29 is 4.74 Å². The fourth-order valence-corrected chi connectivity index (χ4v) is 1.66. The van der Waals surface area contributed by atoms with Gasteiger partial charge in [0.25, 0.3) is 0 Å². The van der Waals surface area contributed by atoms with Gasteiger partial charge in [-0.1, -0.05) is 13.0 Å². The van der Waals surface area contributed by atoms with E-state index in [-0.39, 0.29) is 0 Å². The molecule has 5 heteroatoms. The second-order valence-electron chi connectivity index (χ2n) is 3.74. The molecule has 2 heterocycles. The van der Waals surface area contributed by atoms with Crippen molar-refractivity contribution in [3.05, 3.63) is 41.9 Å². The van der Waals surface area contributed by atoms with Crippen LogP contribution in [0.3, 0.4) is 0 Å². The number of aryl methyl sites for hydroxylation is 1. The first-order valence-corrected chi connectivity index (χ1v) is 5.87. The molecule has 0 saturated heterocycles. The van der Waals surface area contributed by atoms with Crippen molar-refractivity contribution in [3.8, 4) is 5.88 Å². The Morgan fingerprint density at radius 1 is 1.22 bits per heavy atom. The van der Waals surface area contributed by atoms with Crippen molar-refractivity contribution in [3.63, 3.8) is 0 Å². The summed E-state index contributed by atoms with van der Waals surface area (Å²) in [5.74, 6) is 1.09. The lowest BCUT2D eigenvalue weighted by molar-refractivity contribution is 0.397. The van der Waals surface area contributed by atoms with Crippen LogP contribution < -0.4 is 10.1 Å². The molecule has 0 amide bonds. The van der Waals surface area contributed by atoms with Crippen LogP contribution in [0.5, 0.6) is 5.88 Å². The largest absolute Gasteiger partial charge is 0.481 e. The molecule has 5 nitrogen and oxygen atoms in total. The van der Waals surface area contributed by atoms with Gasteiger partial charge in [0.05, 0.1) is 19.3 Å². The van der Waals surface area contributed by atoms with E-state index in [0.717, 1.165) is 12.1 Å². The molecule has 0 fully saturated rings. The Bertz CT molecular complexity index is 516. The van der Waals surface area contributed by atoms with Gasteiger partial charge in [-0.25, -0.2) is 4.98 Å². The third kappa shape index (κ3) is 2.94. The molecule has 0 unspecified atom stereocenters. The van der Waals surface area contributed by atoms with Gasteiger partial charge in [0.2, 0.25) is 11.8 Å². The molecule has 0 aliphatic carbocycles. The van der Waals surface area contributed by atoms with E-state index < -0.39 is 0 Å². The zero-order valence-corrected chi connectivity index (χ0v) is 10.6. The second kappa shape index (κ2) is 5.95. The van der Waals surface area contributed by atoms with E-state index in [4.69, 9.17) is 4.74 Å². The number of nitrogens with zero attached hydrogens (tertiary/aromatic N) is 3. The zero-order valence-electron chi connectivity index (χ0n) is 10.6. The molecule has 0 spiro atoms. The summed E-state index contributed by atoms with van der Waals surface area (Å²) in [5, 5.41) is 3.15. The molecule has 1 N–H and O–H groups in total. The minimum atomic E-state index is 0.544. The molecule has 18 heavy (non-hydrogen) atoms. The summed E-state index contributed by atoms with van der Waals surface area (Å²) in [7, 11) is 1.58. The zero-order chi connectivity index (χ0) is 12.8. The first-order chi connectivity index (χ1) is 8.83. The van der Waals surface area contributed by atoms with Crippen molar-refractivity contribution in [1.82, 2.24) is 15.0 Å². The lowest BCUT2D eigenvalue weighted by atomic mass is 10.1. The molecule has 94 valence electrons. The Morgan fingerprint density at radius 2 is 2.11 bits per heavy atom. The average Bonchev–Trinajstić information content (AvgIpc) is 2.45. The molecule has 0 bridgehead atoms. The highest BCUT2D eigenvalue weighted by Gasteiger charge is 2.03. The van der Waals surface area contributed by atoms with E-state index in [0.29, 0.717) is 18.4 Å². The highest BCUT2D eigenvalue weighted by Crippen LogP contribution is 2.10. The number of pyridine rings is 1. The van der Waals surface area contributed by atoms with Crippen LogP contribution in [0.1, 0.15) is 18.2 Å². The summed E-state index contributed by atoms with van der Waals surface area (Å²) in [6.07, 6.45) is 4.42. The summed E-state index contributed by atoms with van der Waals surface area (Å²) in [6, 6.07) is 5.74. The highest BCUT2D eigenvalue weighted by molar-refractivity contribution is 5.30. The Balaban J connectivity index is 2.06. The highest BCUT2D eigenvalue weighted by atomic mass is 16.5. The Kier molecular flexibility index (Phi) is 4.06. The van der Waals surface area contributed by atoms with Gasteiger partial charge in [-0.2, -0.15) is 4.98 Å². The minimum Gasteiger partial charge on any atom is -0.481 e. The third-order valence-electron chi connectivity index (χ3n) is 2.62. The quantitative estimate of drug-likeness (QED) is 0.872. The predicted octanol–water partition coefficient (Wildman–Crippen LogP) is 2.05.